The second kappa shape index (κ2) is 6.01. The van der Waals surface area contributed by atoms with Gasteiger partial charge in [0.25, 0.3) is 0 Å². The molecule has 0 saturated heterocycles. The molecule has 3 heteroatoms. The van der Waals surface area contributed by atoms with Gasteiger partial charge in [0.15, 0.2) is 0 Å². The summed E-state index contributed by atoms with van der Waals surface area (Å²) in [4.78, 5) is 10.9. The third-order valence-electron chi connectivity index (χ3n) is 1.09. The van der Waals surface area contributed by atoms with E-state index in [2.05, 4.69) is 17.6 Å². The molecule has 2 N–H and O–H groups in total. The number of rotatable bonds is 4. The highest BCUT2D eigenvalue weighted by Gasteiger charge is 1.99. The molecule has 0 rings (SSSR count). The van der Waals surface area contributed by atoms with E-state index in [0.29, 0.717) is 0 Å². The van der Waals surface area contributed by atoms with E-state index in [4.69, 9.17) is 0 Å². The van der Waals surface area contributed by atoms with Crippen LogP contribution in [0.25, 0.3) is 0 Å². The van der Waals surface area contributed by atoms with Crippen molar-refractivity contribution in [1.82, 2.24) is 10.6 Å². The summed E-state index contributed by atoms with van der Waals surface area (Å²) in [5, 5.41) is 5.36. The van der Waals surface area contributed by atoms with E-state index in [1.54, 1.807) is 6.54 Å². The normalized spacial score (nSPS) is 9.82. The predicted octanol–water partition coefficient (Wildman–Crippen LogP) is 1.66. The number of unbranched alkanes of at least 4 members (excludes halogenated alkanes) is 1. The van der Waals surface area contributed by atoms with Crippen molar-refractivity contribution < 1.29 is 4.79 Å². The number of nitrogens with one attached hydrogen (secondary N) is 2. The van der Waals surface area contributed by atoms with Crippen LogP contribution in [0.2, 0.25) is 0 Å². The molecule has 0 aliphatic carbocycles. The Labute approximate surface area is 68.6 Å². The van der Waals surface area contributed by atoms with Gasteiger partial charge in [-0.3, -0.25) is 0 Å². The van der Waals surface area contributed by atoms with Crippen molar-refractivity contribution >= 4 is 6.03 Å². The summed E-state index contributed by atoms with van der Waals surface area (Å²) in [6.45, 7) is 7.70. The molecule has 0 unspecified atom stereocenters. The molecule has 1 radical (unpaired) electrons. The van der Waals surface area contributed by atoms with Gasteiger partial charge >= 0.3 is 6.03 Å². The maximum absolute atomic E-state index is 10.9. The van der Waals surface area contributed by atoms with Gasteiger partial charge < -0.3 is 10.6 Å². The third-order valence-corrected chi connectivity index (χ3v) is 1.09. The second-order valence-corrected chi connectivity index (χ2v) is 2.77. The lowest BCUT2D eigenvalue weighted by molar-refractivity contribution is 0.240. The fourth-order valence-corrected chi connectivity index (χ4v) is 0.613. The molecule has 0 saturated carbocycles. The van der Waals surface area contributed by atoms with Crippen molar-refractivity contribution in [3.05, 3.63) is 6.54 Å². The monoisotopic (exact) mass is 157 g/mol. The smallest absolute Gasteiger partial charge is 0.315 e. The molecule has 0 aromatic heterocycles. The first-order valence-electron chi connectivity index (χ1n) is 4.05. The summed E-state index contributed by atoms with van der Waals surface area (Å²) in [6, 6.07) is 0.0819. The Kier molecular flexibility index (Phi) is 5.61. The highest BCUT2D eigenvalue weighted by atomic mass is 16.2. The average molecular weight is 157 g/mol. The number of hydrogen-bond acceptors (Lipinski definition) is 1. The quantitative estimate of drug-likeness (QED) is 0.599. The Hall–Kier alpha value is -0.730. The minimum atomic E-state index is -0.117. The molecule has 0 atom stereocenters. The number of carbonyl (C=O) groups excluding carboxylic acids is 1. The molecule has 2 amide bonds. The summed E-state index contributed by atoms with van der Waals surface area (Å²) in [7, 11) is 0. The highest BCUT2D eigenvalue weighted by Crippen LogP contribution is 1.87. The zero-order chi connectivity index (χ0) is 8.69. The van der Waals surface area contributed by atoms with Crippen LogP contribution in [0.15, 0.2) is 0 Å². The SMILES string of the molecule is CCC[CH]NC(=O)NC(C)C. The first-order valence-corrected chi connectivity index (χ1v) is 4.05. The third kappa shape index (κ3) is 7.16. The Morgan fingerprint density at radius 1 is 1.55 bits per heavy atom. The van der Waals surface area contributed by atoms with Crippen molar-refractivity contribution in [2.24, 2.45) is 0 Å². The number of amides is 2. The summed E-state index contributed by atoms with van der Waals surface area (Å²) in [5.74, 6) is 0. The lowest BCUT2D eigenvalue weighted by atomic mass is 10.3. The van der Waals surface area contributed by atoms with E-state index in [1.165, 1.54) is 0 Å². The van der Waals surface area contributed by atoms with E-state index in [1.807, 2.05) is 13.8 Å². The molecule has 11 heavy (non-hydrogen) atoms. The van der Waals surface area contributed by atoms with E-state index in [0.717, 1.165) is 12.8 Å². The van der Waals surface area contributed by atoms with Crippen molar-refractivity contribution in [2.75, 3.05) is 0 Å². The van der Waals surface area contributed by atoms with Gasteiger partial charge in [-0.05, 0) is 20.3 Å². The number of carbonyl (C=O) groups is 1. The van der Waals surface area contributed by atoms with Crippen LogP contribution in [0, 0.1) is 6.54 Å². The zero-order valence-corrected chi connectivity index (χ0v) is 7.48. The van der Waals surface area contributed by atoms with Gasteiger partial charge in [0.1, 0.15) is 0 Å². The lowest BCUT2D eigenvalue weighted by Gasteiger charge is -2.08. The van der Waals surface area contributed by atoms with Crippen LogP contribution in [-0.4, -0.2) is 12.1 Å². The number of urea groups is 1. The van der Waals surface area contributed by atoms with E-state index >= 15 is 0 Å². The van der Waals surface area contributed by atoms with Crippen LogP contribution in [0.5, 0.6) is 0 Å². The Balaban J connectivity index is 3.23. The molecule has 0 spiro atoms. The van der Waals surface area contributed by atoms with Gasteiger partial charge in [-0.25, -0.2) is 4.79 Å². The van der Waals surface area contributed by atoms with Crippen molar-refractivity contribution in [1.29, 1.82) is 0 Å². The topological polar surface area (TPSA) is 41.1 Å². The molecule has 0 fully saturated rings. The van der Waals surface area contributed by atoms with E-state index in [-0.39, 0.29) is 12.1 Å². The van der Waals surface area contributed by atoms with Gasteiger partial charge in [-0.1, -0.05) is 13.3 Å². The minimum absolute atomic E-state index is 0.117. The van der Waals surface area contributed by atoms with Crippen molar-refractivity contribution in [3.63, 3.8) is 0 Å². The lowest BCUT2D eigenvalue weighted by Crippen LogP contribution is -2.38. The number of hydrogen-bond donors (Lipinski definition) is 2. The minimum Gasteiger partial charge on any atom is -0.336 e. The largest absolute Gasteiger partial charge is 0.336 e. The fourth-order valence-electron chi connectivity index (χ4n) is 0.613. The van der Waals surface area contributed by atoms with E-state index < -0.39 is 0 Å². The van der Waals surface area contributed by atoms with Crippen LogP contribution in [0.1, 0.15) is 33.6 Å². The molecule has 0 aromatic carbocycles. The van der Waals surface area contributed by atoms with Crippen molar-refractivity contribution in [2.45, 2.75) is 39.7 Å². The molecular weight excluding hydrogens is 140 g/mol. The maximum atomic E-state index is 10.9. The van der Waals surface area contributed by atoms with Gasteiger partial charge in [0.05, 0.1) is 6.54 Å². The van der Waals surface area contributed by atoms with Gasteiger partial charge in [0, 0.05) is 6.04 Å². The van der Waals surface area contributed by atoms with Gasteiger partial charge in [-0.15, -0.1) is 0 Å². The summed E-state index contributed by atoms with van der Waals surface area (Å²) >= 11 is 0. The standard InChI is InChI=1S/C8H17N2O/c1-4-5-6-9-8(11)10-7(2)3/h6-7H,4-5H2,1-3H3,(H2,9,10,11). The molecule has 0 aromatic rings. The van der Waals surface area contributed by atoms with Gasteiger partial charge in [0.2, 0.25) is 0 Å². The summed E-state index contributed by atoms with van der Waals surface area (Å²) in [5.41, 5.74) is 0. The Bertz CT molecular complexity index is 113. The average Bonchev–Trinajstić information content (AvgIpc) is 1.86. The van der Waals surface area contributed by atoms with Gasteiger partial charge in [-0.2, -0.15) is 0 Å². The Morgan fingerprint density at radius 3 is 2.64 bits per heavy atom. The molecule has 65 valence electrons. The molecule has 0 bridgehead atoms. The van der Waals surface area contributed by atoms with E-state index in [9.17, 15) is 4.79 Å². The second-order valence-electron chi connectivity index (χ2n) is 2.77. The van der Waals surface area contributed by atoms with Crippen LogP contribution in [0.3, 0.4) is 0 Å². The maximum Gasteiger partial charge on any atom is 0.315 e. The Morgan fingerprint density at radius 2 is 2.18 bits per heavy atom. The molecule has 3 nitrogen and oxygen atoms in total. The zero-order valence-electron chi connectivity index (χ0n) is 7.48. The highest BCUT2D eigenvalue weighted by molar-refractivity contribution is 5.74. The molecule has 0 aliphatic heterocycles. The predicted molar refractivity (Wildman–Crippen MR) is 46.0 cm³/mol. The molecule has 0 heterocycles. The van der Waals surface area contributed by atoms with Crippen LogP contribution in [-0.2, 0) is 0 Å². The van der Waals surface area contributed by atoms with Crippen LogP contribution >= 0.6 is 0 Å². The van der Waals surface area contributed by atoms with Crippen molar-refractivity contribution in [3.8, 4) is 0 Å². The first kappa shape index (κ1) is 10.3. The summed E-state index contributed by atoms with van der Waals surface area (Å²) in [6.07, 6.45) is 1.98. The van der Waals surface area contributed by atoms with Crippen LogP contribution in [0.4, 0.5) is 4.79 Å². The molecule has 0 aliphatic rings. The summed E-state index contributed by atoms with van der Waals surface area (Å²) < 4.78 is 0. The fraction of sp³-hybridized carbons (Fsp3) is 0.750. The first-order chi connectivity index (χ1) is 5.16. The van der Waals surface area contributed by atoms with Crippen LogP contribution < -0.4 is 10.6 Å². The molecular formula is C8H17N2O.